The first-order valence-corrected chi connectivity index (χ1v) is 9.87. The number of amides is 1. The molecule has 1 atom stereocenters. The highest BCUT2D eigenvalue weighted by molar-refractivity contribution is 5.91. The Labute approximate surface area is 160 Å². The van der Waals surface area contributed by atoms with Crippen LogP contribution in [0.4, 0.5) is 5.95 Å². The van der Waals surface area contributed by atoms with E-state index in [2.05, 4.69) is 26.7 Å². The lowest BCUT2D eigenvalue weighted by atomic mass is 10.1. The van der Waals surface area contributed by atoms with Crippen molar-refractivity contribution in [3.63, 3.8) is 0 Å². The third-order valence-electron chi connectivity index (χ3n) is 5.59. The van der Waals surface area contributed by atoms with Crippen LogP contribution in [0.3, 0.4) is 0 Å². The fourth-order valence-corrected chi connectivity index (χ4v) is 3.90. The first-order valence-electron chi connectivity index (χ1n) is 9.87. The predicted molar refractivity (Wildman–Crippen MR) is 103 cm³/mol. The molecule has 4 heterocycles. The van der Waals surface area contributed by atoms with Gasteiger partial charge >= 0.3 is 0 Å². The smallest absolute Gasteiger partial charge is 0.289 e. The Kier molecular flexibility index (Phi) is 5.38. The zero-order valence-corrected chi connectivity index (χ0v) is 15.9. The Morgan fingerprint density at radius 3 is 2.41 bits per heavy atom. The second kappa shape index (κ2) is 8.08. The Balaban J connectivity index is 1.36. The van der Waals surface area contributed by atoms with E-state index in [1.165, 1.54) is 19.3 Å². The molecule has 2 aliphatic heterocycles. The van der Waals surface area contributed by atoms with Crippen LogP contribution < -0.4 is 4.90 Å². The van der Waals surface area contributed by atoms with Crippen molar-refractivity contribution in [1.29, 1.82) is 0 Å². The minimum Gasteiger partial charge on any atom is -0.454 e. The fraction of sp³-hybridized carbons (Fsp3) is 0.550. The summed E-state index contributed by atoms with van der Waals surface area (Å²) in [5.41, 5.74) is 0. The van der Waals surface area contributed by atoms with E-state index < -0.39 is 0 Å². The average molecular weight is 369 g/mol. The summed E-state index contributed by atoms with van der Waals surface area (Å²) in [6, 6.07) is 5.81. The minimum atomic E-state index is -0.0271. The zero-order chi connectivity index (χ0) is 18.6. The van der Waals surface area contributed by atoms with E-state index in [1.54, 1.807) is 12.4 Å². The molecule has 2 aromatic heterocycles. The molecule has 2 fully saturated rings. The van der Waals surface area contributed by atoms with Crippen molar-refractivity contribution in [2.24, 2.45) is 0 Å². The van der Waals surface area contributed by atoms with E-state index in [9.17, 15) is 4.79 Å². The quantitative estimate of drug-likeness (QED) is 0.825. The summed E-state index contributed by atoms with van der Waals surface area (Å²) in [4.78, 5) is 27.8. The maximum Gasteiger partial charge on any atom is 0.289 e. The number of furan rings is 1. The van der Waals surface area contributed by atoms with Gasteiger partial charge in [0.15, 0.2) is 5.76 Å². The second-order valence-corrected chi connectivity index (χ2v) is 7.30. The van der Waals surface area contributed by atoms with Crippen LogP contribution in [0.5, 0.6) is 0 Å². The van der Waals surface area contributed by atoms with Gasteiger partial charge in [-0.25, -0.2) is 9.97 Å². The zero-order valence-electron chi connectivity index (χ0n) is 15.9. The lowest BCUT2D eigenvalue weighted by Gasteiger charge is -2.34. The number of piperidine rings is 1. The highest BCUT2D eigenvalue weighted by Gasteiger charge is 2.27. The molecule has 0 N–H and O–H groups in total. The average Bonchev–Trinajstić information content (AvgIpc) is 3.24. The van der Waals surface area contributed by atoms with Crippen molar-refractivity contribution in [2.45, 2.75) is 32.2 Å². The molecule has 0 bridgehead atoms. The van der Waals surface area contributed by atoms with Gasteiger partial charge in [0.25, 0.3) is 5.91 Å². The van der Waals surface area contributed by atoms with Gasteiger partial charge in [-0.15, -0.1) is 0 Å². The van der Waals surface area contributed by atoms with Crippen molar-refractivity contribution in [3.05, 3.63) is 42.1 Å². The molecule has 2 saturated heterocycles. The number of rotatable bonds is 4. The van der Waals surface area contributed by atoms with Crippen molar-refractivity contribution in [3.8, 4) is 0 Å². The third-order valence-corrected chi connectivity index (χ3v) is 5.59. The van der Waals surface area contributed by atoms with Gasteiger partial charge in [0.05, 0.1) is 6.04 Å². The number of hydrogen-bond acceptors (Lipinski definition) is 6. The van der Waals surface area contributed by atoms with Gasteiger partial charge in [0.1, 0.15) is 5.76 Å². The molecule has 2 aliphatic rings. The van der Waals surface area contributed by atoms with Crippen molar-refractivity contribution < 1.29 is 9.21 Å². The summed E-state index contributed by atoms with van der Waals surface area (Å²) >= 11 is 0. The molecule has 2 aromatic rings. The van der Waals surface area contributed by atoms with Gasteiger partial charge in [0, 0.05) is 38.6 Å². The lowest BCUT2D eigenvalue weighted by molar-refractivity contribution is 0.0706. The highest BCUT2D eigenvalue weighted by atomic mass is 16.4. The molecule has 0 aromatic carbocycles. The molecular weight excluding hydrogens is 342 g/mol. The molecule has 7 heteroatoms. The van der Waals surface area contributed by atoms with Gasteiger partial charge < -0.3 is 14.2 Å². The summed E-state index contributed by atoms with van der Waals surface area (Å²) in [5, 5.41) is 0. The maximum absolute atomic E-state index is 12.8. The summed E-state index contributed by atoms with van der Waals surface area (Å²) in [7, 11) is 0. The van der Waals surface area contributed by atoms with Crippen molar-refractivity contribution in [1.82, 2.24) is 19.8 Å². The van der Waals surface area contributed by atoms with Crippen LogP contribution in [-0.4, -0.2) is 64.9 Å². The number of aromatic nitrogens is 2. The van der Waals surface area contributed by atoms with Crippen LogP contribution in [0.25, 0.3) is 0 Å². The van der Waals surface area contributed by atoms with E-state index in [-0.39, 0.29) is 11.9 Å². The molecule has 144 valence electrons. The lowest BCUT2D eigenvalue weighted by Crippen LogP contribution is -2.49. The molecule has 0 spiro atoms. The van der Waals surface area contributed by atoms with Gasteiger partial charge in [-0.1, -0.05) is 6.42 Å². The third kappa shape index (κ3) is 3.98. The minimum absolute atomic E-state index is 0.0271. The van der Waals surface area contributed by atoms with Crippen molar-refractivity contribution >= 4 is 11.9 Å². The molecule has 4 rings (SSSR count). The van der Waals surface area contributed by atoms with Crippen LogP contribution in [0.15, 0.2) is 35.0 Å². The number of carbonyl (C=O) groups excluding carboxylic acids is 1. The van der Waals surface area contributed by atoms with Crippen LogP contribution in [-0.2, 0) is 0 Å². The molecule has 7 nitrogen and oxygen atoms in total. The van der Waals surface area contributed by atoms with E-state index >= 15 is 0 Å². The number of hydrogen-bond donors (Lipinski definition) is 0. The molecule has 0 radical (unpaired) electrons. The normalized spacial score (nSPS) is 19.9. The number of anilines is 1. The summed E-state index contributed by atoms with van der Waals surface area (Å²) < 4.78 is 5.95. The summed E-state index contributed by atoms with van der Waals surface area (Å²) in [5.74, 6) is 2.02. The van der Waals surface area contributed by atoms with Crippen LogP contribution >= 0.6 is 0 Å². The number of piperazine rings is 1. The van der Waals surface area contributed by atoms with Crippen LogP contribution in [0.1, 0.15) is 48.5 Å². The molecule has 0 aliphatic carbocycles. The number of nitrogens with zero attached hydrogens (tertiary/aromatic N) is 5. The van der Waals surface area contributed by atoms with Crippen LogP contribution in [0, 0.1) is 0 Å². The fourth-order valence-electron chi connectivity index (χ4n) is 3.90. The largest absolute Gasteiger partial charge is 0.454 e. The first kappa shape index (κ1) is 18.0. The Hall–Kier alpha value is -2.41. The molecule has 1 amide bonds. The van der Waals surface area contributed by atoms with Gasteiger partial charge in [-0.3, -0.25) is 9.69 Å². The topological polar surface area (TPSA) is 65.7 Å². The van der Waals surface area contributed by atoms with E-state index in [1.807, 2.05) is 23.1 Å². The van der Waals surface area contributed by atoms with Crippen molar-refractivity contribution in [2.75, 3.05) is 44.2 Å². The van der Waals surface area contributed by atoms with E-state index in [0.717, 1.165) is 37.9 Å². The SMILES string of the molecule is C[C@H](c1ccc(C(=O)N2CCN(c3ncccn3)CC2)o1)N1CCCCC1. The Bertz CT molecular complexity index is 749. The molecular formula is C20H27N5O2. The number of carbonyl (C=O) groups is 1. The van der Waals surface area contributed by atoms with Gasteiger partial charge in [-0.05, 0) is 51.1 Å². The molecule has 0 saturated carbocycles. The molecule has 0 unspecified atom stereocenters. The van der Waals surface area contributed by atoms with Gasteiger partial charge in [-0.2, -0.15) is 0 Å². The highest BCUT2D eigenvalue weighted by Crippen LogP contribution is 2.26. The predicted octanol–water partition coefficient (Wildman–Crippen LogP) is 2.58. The summed E-state index contributed by atoms with van der Waals surface area (Å²) in [6.07, 6.45) is 7.28. The first-order chi connectivity index (χ1) is 13.2. The summed E-state index contributed by atoms with van der Waals surface area (Å²) in [6.45, 7) is 7.13. The Morgan fingerprint density at radius 2 is 1.70 bits per heavy atom. The van der Waals surface area contributed by atoms with E-state index in [0.29, 0.717) is 18.8 Å². The molecule has 27 heavy (non-hydrogen) atoms. The van der Waals surface area contributed by atoms with E-state index in [4.69, 9.17) is 4.42 Å². The standard InChI is InChI=1S/C20H27N5O2/c1-16(23-10-3-2-4-11-23)17-6-7-18(27-17)19(26)24-12-14-25(15-13-24)20-21-8-5-9-22-20/h5-9,16H,2-4,10-15H2,1H3/t16-/m1/s1. The Morgan fingerprint density at radius 1 is 1.00 bits per heavy atom. The second-order valence-electron chi connectivity index (χ2n) is 7.30. The maximum atomic E-state index is 12.8. The monoisotopic (exact) mass is 369 g/mol. The van der Waals surface area contributed by atoms with Crippen LogP contribution in [0.2, 0.25) is 0 Å². The number of likely N-dealkylation sites (tertiary alicyclic amines) is 1. The van der Waals surface area contributed by atoms with Gasteiger partial charge in [0.2, 0.25) is 5.95 Å².